The van der Waals surface area contributed by atoms with Gasteiger partial charge in [0.15, 0.2) is 0 Å². The van der Waals surface area contributed by atoms with E-state index in [2.05, 4.69) is 0 Å². The molecule has 18 heavy (non-hydrogen) atoms. The third-order valence-electron chi connectivity index (χ3n) is 2.67. The van der Waals surface area contributed by atoms with Gasteiger partial charge in [-0.1, -0.05) is 64.6 Å². The minimum absolute atomic E-state index is 0.0773. The molecule has 2 rings (SSSR count). The van der Waals surface area contributed by atoms with Crippen molar-refractivity contribution < 1.29 is 9.53 Å². The summed E-state index contributed by atoms with van der Waals surface area (Å²) in [4.78, 5) is 13.2. The summed E-state index contributed by atoms with van der Waals surface area (Å²) in [5.74, 6) is 0. The highest BCUT2D eigenvalue weighted by Crippen LogP contribution is 2.36. The zero-order chi connectivity index (χ0) is 13.3. The van der Waals surface area contributed by atoms with E-state index in [0.29, 0.717) is 6.54 Å². The minimum atomic E-state index is -1.56. The van der Waals surface area contributed by atoms with E-state index in [1.807, 2.05) is 31.2 Å². The van der Waals surface area contributed by atoms with Crippen LogP contribution in [0.3, 0.4) is 0 Å². The number of alkyl halides is 3. The zero-order valence-electron chi connectivity index (χ0n) is 9.70. The van der Waals surface area contributed by atoms with E-state index in [0.717, 1.165) is 5.56 Å². The SMILES string of the molecule is Cc1ccc(C2CN2C(=O)OCC(Cl)(Cl)Cl)cc1. The third-order valence-corrected chi connectivity index (χ3v) is 3.00. The average molecular weight is 309 g/mol. The summed E-state index contributed by atoms with van der Waals surface area (Å²) in [7, 11) is 0. The molecule has 0 N–H and O–H groups in total. The summed E-state index contributed by atoms with van der Waals surface area (Å²) >= 11 is 16.5. The first-order chi connectivity index (χ1) is 8.37. The lowest BCUT2D eigenvalue weighted by Crippen LogP contribution is -2.21. The molecule has 1 atom stereocenters. The van der Waals surface area contributed by atoms with Crippen LogP contribution in [0, 0.1) is 6.92 Å². The molecule has 3 nitrogen and oxygen atoms in total. The van der Waals surface area contributed by atoms with Gasteiger partial charge in [-0.2, -0.15) is 0 Å². The van der Waals surface area contributed by atoms with Gasteiger partial charge in [-0.15, -0.1) is 0 Å². The van der Waals surface area contributed by atoms with Crippen molar-refractivity contribution in [3.05, 3.63) is 35.4 Å². The standard InChI is InChI=1S/C12H12Cl3NO2/c1-8-2-4-9(5-3-8)10-6-16(10)11(17)18-7-12(13,14)15/h2-5,10H,6-7H2,1H3. The number of carbonyl (C=O) groups is 1. The van der Waals surface area contributed by atoms with E-state index >= 15 is 0 Å². The second-order valence-electron chi connectivity index (χ2n) is 4.25. The second kappa shape index (κ2) is 5.16. The van der Waals surface area contributed by atoms with E-state index in [1.165, 1.54) is 5.56 Å². The fourth-order valence-electron chi connectivity index (χ4n) is 1.64. The summed E-state index contributed by atoms with van der Waals surface area (Å²) < 4.78 is 3.33. The van der Waals surface area contributed by atoms with Crippen molar-refractivity contribution in [2.24, 2.45) is 0 Å². The van der Waals surface area contributed by atoms with Crippen LogP contribution in [0.1, 0.15) is 17.2 Å². The molecular weight excluding hydrogens is 296 g/mol. The lowest BCUT2D eigenvalue weighted by atomic mass is 10.1. The Bertz CT molecular complexity index is 442. The van der Waals surface area contributed by atoms with Gasteiger partial charge in [0.25, 0.3) is 0 Å². The second-order valence-corrected chi connectivity index (χ2v) is 6.76. The van der Waals surface area contributed by atoms with Gasteiger partial charge in [0, 0.05) is 6.54 Å². The highest BCUT2D eigenvalue weighted by molar-refractivity contribution is 6.67. The maximum atomic E-state index is 11.6. The van der Waals surface area contributed by atoms with Gasteiger partial charge < -0.3 is 4.74 Å². The van der Waals surface area contributed by atoms with Crippen LogP contribution >= 0.6 is 34.8 Å². The number of rotatable bonds is 2. The molecule has 1 unspecified atom stereocenters. The van der Waals surface area contributed by atoms with Gasteiger partial charge in [0.05, 0.1) is 6.04 Å². The van der Waals surface area contributed by atoms with Crippen LogP contribution in [0.5, 0.6) is 0 Å². The number of hydrogen-bond donors (Lipinski definition) is 0. The minimum Gasteiger partial charge on any atom is -0.445 e. The van der Waals surface area contributed by atoms with Gasteiger partial charge >= 0.3 is 6.09 Å². The van der Waals surface area contributed by atoms with Crippen LogP contribution in [0.4, 0.5) is 4.79 Å². The number of halogens is 3. The van der Waals surface area contributed by atoms with Crippen molar-refractivity contribution in [3.8, 4) is 0 Å². The number of aryl methyl sites for hydroxylation is 1. The lowest BCUT2D eigenvalue weighted by Gasteiger charge is -2.12. The van der Waals surface area contributed by atoms with Crippen LogP contribution in [0.15, 0.2) is 24.3 Å². The van der Waals surface area contributed by atoms with Crippen molar-refractivity contribution >= 4 is 40.9 Å². The van der Waals surface area contributed by atoms with Crippen LogP contribution < -0.4 is 0 Å². The average Bonchev–Trinajstić information content (AvgIpc) is 3.06. The number of amides is 1. The molecule has 0 saturated carbocycles. The van der Waals surface area contributed by atoms with Gasteiger partial charge in [0.2, 0.25) is 3.79 Å². The molecule has 0 aromatic heterocycles. The predicted molar refractivity (Wildman–Crippen MR) is 72.3 cm³/mol. The van der Waals surface area contributed by atoms with Crippen LogP contribution in [-0.4, -0.2) is 27.9 Å². The molecule has 1 aromatic rings. The first kappa shape index (κ1) is 13.8. The molecule has 6 heteroatoms. The molecule has 0 spiro atoms. The Morgan fingerprint density at radius 2 is 2.00 bits per heavy atom. The fraction of sp³-hybridized carbons (Fsp3) is 0.417. The normalized spacial score (nSPS) is 18.7. The molecule has 1 aliphatic rings. The van der Waals surface area contributed by atoms with Gasteiger partial charge in [0.1, 0.15) is 6.61 Å². The van der Waals surface area contributed by atoms with E-state index in [9.17, 15) is 4.79 Å². The quantitative estimate of drug-likeness (QED) is 0.613. The Hall–Kier alpha value is -0.640. The molecule has 0 aliphatic carbocycles. The highest BCUT2D eigenvalue weighted by atomic mass is 35.6. The van der Waals surface area contributed by atoms with E-state index in [-0.39, 0.29) is 12.6 Å². The first-order valence-electron chi connectivity index (χ1n) is 5.43. The number of benzene rings is 1. The monoisotopic (exact) mass is 307 g/mol. The fourth-order valence-corrected chi connectivity index (χ4v) is 1.81. The van der Waals surface area contributed by atoms with Crippen molar-refractivity contribution in [2.45, 2.75) is 16.8 Å². The summed E-state index contributed by atoms with van der Waals surface area (Å²) in [5.41, 5.74) is 2.27. The Morgan fingerprint density at radius 3 is 2.56 bits per heavy atom. The molecule has 1 heterocycles. The Labute approximate surface area is 121 Å². The van der Waals surface area contributed by atoms with Gasteiger partial charge in [-0.05, 0) is 12.5 Å². The number of carbonyl (C=O) groups excluding carboxylic acids is 1. The van der Waals surface area contributed by atoms with Crippen LogP contribution in [0.2, 0.25) is 0 Å². The number of hydrogen-bond acceptors (Lipinski definition) is 2. The molecule has 1 amide bonds. The Kier molecular flexibility index (Phi) is 3.95. The van der Waals surface area contributed by atoms with Crippen molar-refractivity contribution in [2.75, 3.05) is 13.2 Å². The van der Waals surface area contributed by atoms with Crippen molar-refractivity contribution in [1.82, 2.24) is 4.90 Å². The molecule has 1 aliphatic heterocycles. The molecule has 0 bridgehead atoms. The lowest BCUT2D eigenvalue weighted by molar-refractivity contribution is 0.131. The Morgan fingerprint density at radius 1 is 1.39 bits per heavy atom. The molecule has 1 fully saturated rings. The molecule has 98 valence electrons. The first-order valence-corrected chi connectivity index (χ1v) is 6.57. The maximum absolute atomic E-state index is 11.6. The number of nitrogens with zero attached hydrogens (tertiary/aromatic N) is 1. The number of ether oxygens (including phenoxy) is 1. The van der Waals surface area contributed by atoms with E-state index in [1.54, 1.807) is 4.90 Å². The molecule has 1 saturated heterocycles. The van der Waals surface area contributed by atoms with Crippen molar-refractivity contribution in [1.29, 1.82) is 0 Å². The zero-order valence-corrected chi connectivity index (χ0v) is 12.0. The summed E-state index contributed by atoms with van der Waals surface area (Å²) in [5, 5.41) is 0. The van der Waals surface area contributed by atoms with E-state index in [4.69, 9.17) is 39.5 Å². The van der Waals surface area contributed by atoms with Crippen LogP contribution in [-0.2, 0) is 4.74 Å². The van der Waals surface area contributed by atoms with Gasteiger partial charge in [-0.3, -0.25) is 4.90 Å². The Balaban J connectivity index is 1.87. The summed E-state index contributed by atoms with van der Waals surface area (Å²) in [6.45, 7) is 2.42. The van der Waals surface area contributed by atoms with Crippen molar-refractivity contribution in [3.63, 3.8) is 0 Å². The summed E-state index contributed by atoms with van der Waals surface area (Å²) in [6, 6.07) is 8.11. The maximum Gasteiger partial charge on any atom is 0.410 e. The summed E-state index contributed by atoms with van der Waals surface area (Å²) in [6.07, 6.45) is -0.452. The van der Waals surface area contributed by atoms with Gasteiger partial charge in [-0.25, -0.2) is 4.79 Å². The van der Waals surface area contributed by atoms with Crippen LogP contribution in [0.25, 0.3) is 0 Å². The largest absolute Gasteiger partial charge is 0.445 e. The predicted octanol–water partition coefficient (Wildman–Crippen LogP) is 3.86. The smallest absolute Gasteiger partial charge is 0.410 e. The third kappa shape index (κ3) is 3.67. The molecule has 0 radical (unpaired) electrons. The van der Waals surface area contributed by atoms with E-state index < -0.39 is 9.89 Å². The topological polar surface area (TPSA) is 29.3 Å². The molecule has 1 aromatic carbocycles. The highest BCUT2D eigenvalue weighted by Gasteiger charge is 2.41. The molecular formula is C12H12Cl3NO2.